The molecule has 1 aromatic heterocycles. The Labute approximate surface area is 213 Å². The maximum Gasteiger partial charge on any atom is 0.333 e. The molecule has 1 heterocycles. The minimum atomic E-state index is -0.708. The lowest BCUT2D eigenvalue weighted by Crippen LogP contribution is -2.39. The molecule has 3 aromatic rings. The molecule has 0 aliphatic carbocycles. The van der Waals surface area contributed by atoms with E-state index in [4.69, 9.17) is 4.74 Å². The average molecular weight is 511 g/mol. The Morgan fingerprint density at radius 2 is 1.78 bits per heavy atom. The molecular formula is C26H30N4O5S. The minimum absolute atomic E-state index is 0.0706. The summed E-state index contributed by atoms with van der Waals surface area (Å²) in [6.07, 6.45) is 0.761. The number of aliphatic imine (C=N–C) groups is 1. The third-order valence-corrected chi connectivity index (χ3v) is 6.55. The van der Waals surface area contributed by atoms with Gasteiger partial charge in [-0.15, -0.1) is 0 Å². The van der Waals surface area contributed by atoms with Crippen molar-refractivity contribution in [3.63, 3.8) is 0 Å². The Bertz CT molecular complexity index is 1410. The van der Waals surface area contributed by atoms with E-state index in [0.29, 0.717) is 18.0 Å². The molecule has 0 bridgehead atoms. The van der Waals surface area contributed by atoms with Crippen molar-refractivity contribution in [1.29, 1.82) is 0 Å². The van der Waals surface area contributed by atoms with Gasteiger partial charge >= 0.3 is 5.69 Å². The molecule has 2 aromatic carbocycles. The van der Waals surface area contributed by atoms with E-state index in [2.05, 4.69) is 10.3 Å². The number of aromatic hydroxyl groups is 1. The highest BCUT2D eigenvalue weighted by molar-refractivity contribution is 8.15. The third-order valence-electron chi connectivity index (χ3n) is 5.57. The van der Waals surface area contributed by atoms with Crippen LogP contribution in [0.2, 0.25) is 0 Å². The molecule has 0 radical (unpaired) electrons. The Morgan fingerprint density at radius 1 is 1.08 bits per heavy atom. The van der Waals surface area contributed by atoms with E-state index in [9.17, 15) is 19.5 Å². The molecular weight excluding hydrogens is 480 g/mol. The number of carbonyl (C=O) groups excluding carboxylic acids is 1. The number of hydrogen-bond acceptors (Lipinski definition) is 7. The van der Waals surface area contributed by atoms with Gasteiger partial charge in [-0.1, -0.05) is 36.9 Å². The SMILES string of the molecule is CCOc1ccc(N=C(SCC(=O)Nc2c(C)cccc2CC)c2c(O)n(C)c(=O)n(C)c2=O)cc1. The second-order valence-corrected chi connectivity index (χ2v) is 9.01. The smallest absolute Gasteiger partial charge is 0.333 e. The lowest BCUT2D eigenvalue weighted by molar-refractivity contribution is -0.113. The zero-order valence-electron chi connectivity index (χ0n) is 21.0. The quantitative estimate of drug-likeness (QED) is 0.354. The van der Waals surface area contributed by atoms with Gasteiger partial charge in [0.15, 0.2) is 0 Å². The standard InChI is InChI=1S/C26H30N4O5S/c1-6-17-10-8-9-16(3)22(17)28-20(31)15-36-23(27-18-11-13-19(14-12-18)35-7-2)21-24(32)29(4)26(34)30(5)25(21)33/h8-14,32H,6-7,15H2,1-5H3,(H,28,31). The lowest BCUT2D eigenvalue weighted by atomic mass is 10.1. The van der Waals surface area contributed by atoms with E-state index in [0.717, 1.165) is 44.1 Å². The summed E-state index contributed by atoms with van der Waals surface area (Å²) >= 11 is 1.00. The molecule has 0 saturated heterocycles. The van der Waals surface area contributed by atoms with Crippen molar-refractivity contribution in [2.45, 2.75) is 27.2 Å². The van der Waals surface area contributed by atoms with Gasteiger partial charge in [0.25, 0.3) is 5.56 Å². The Hall–Kier alpha value is -3.79. The van der Waals surface area contributed by atoms with E-state index in [1.54, 1.807) is 24.3 Å². The first-order valence-corrected chi connectivity index (χ1v) is 12.5. The van der Waals surface area contributed by atoms with Crippen LogP contribution in [0.4, 0.5) is 11.4 Å². The van der Waals surface area contributed by atoms with Crippen LogP contribution in [-0.4, -0.2) is 37.6 Å². The van der Waals surface area contributed by atoms with E-state index in [1.807, 2.05) is 39.0 Å². The number of nitrogens with one attached hydrogen (secondary N) is 1. The molecule has 10 heteroatoms. The lowest BCUT2D eigenvalue weighted by Gasteiger charge is -2.14. The van der Waals surface area contributed by atoms with Gasteiger partial charge < -0.3 is 15.2 Å². The van der Waals surface area contributed by atoms with Crippen LogP contribution in [0.1, 0.15) is 30.5 Å². The van der Waals surface area contributed by atoms with Crippen LogP contribution >= 0.6 is 11.8 Å². The predicted molar refractivity (Wildman–Crippen MR) is 144 cm³/mol. The van der Waals surface area contributed by atoms with E-state index < -0.39 is 17.1 Å². The normalized spacial score (nSPS) is 11.4. The zero-order chi connectivity index (χ0) is 26.4. The molecule has 0 aliphatic rings. The number of ether oxygens (including phenoxy) is 1. The first kappa shape index (κ1) is 26.8. The maximum atomic E-state index is 13.0. The monoisotopic (exact) mass is 510 g/mol. The highest BCUT2D eigenvalue weighted by Crippen LogP contribution is 2.26. The van der Waals surface area contributed by atoms with Gasteiger partial charge in [0.1, 0.15) is 16.4 Å². The van der Waals surface area contributed by atoms with Crippen molar-refractivity contribution in [1.82, 2.24) is 9.13 Å². The molecule has 0 unspecified atom stereocenters. The van der Waals surface area contributed by atoms with Crippen molar-refractivity contribution in [2.75, 3.05) is 17.7 Å². The van der Waals surface area contributed by atoms with Gasteiger partial charge in [0.2, 0.25) is 11.8 Å². The largest absolute Gasteiger partial charge is 0.494 e. The minimum Gasteiger partial charge on any atom is -0.494 e. The number of anilines is 1. The fraction of sp³-hybridized carbons (Fsp3) is 0.308. The van der Waals surface area contributed by atoms with Crippen molar-refractivity contribution in [3.05, 3.63) is 80.0 Å². The first-order chi connectivity index (χ1) is 17.2. The molecule has 0 spiro atoms. The molecule has 0 aliphatic heterocycles. The Kier molecular flexibility index (Phi) is 8.76. The number of rotatable bonds is 8. The van der Waals surface area contributed by atoms with Crippen LogP contribution < -0.4 is 21.3 Å². The molecule has 0 fully saturated rings. The summed E-state index contributed by atoms with van der Waals surface area (Å²) < 4.78 is 7.32. The van der Waals surface area contributed by atoms with Gasteiger partial charge in [-0.25, -0.2) is 9.79 Å². The summed E-state index contributed by atoms with van der Waals surface area (Å²) in [7, 11) is 2.68. The molecule has 190 valence electrons. The molecule has 0 atom stereocenters. The third kappa shape index (κ3) is 5.88. The van der Waals surface area contributed by atoms with Gasteiger partial charge in [0, 0.05) is 19.8 Å². The summed E-state index contributed by atoms with van der Waals surface area (Å²) in [4.78, 5) is 42.7. The topological polar surface area (TPSA) is 115 Å². The molecule has 2 N–H and O–H groups in total. The van der Waals surface area contributed by atoms with Crippen LogP contribution in [0.5, 0.6) is 11.6 Å². The first-order valence-electron chi connectivity index (χ1n) is 11.5. The number of benzene rings is 2. The fourth-order valence-electron chi connectivity index (χ4n) is 3.59. The predicted octanol–water partition coefficient (Wildman–Crippen LogP) is 3.51. The highest BCUT2D eigenvalue weighted by atomic mass is 32.2. The van der Waals surface area contributed by atoms with Crippen LogP contribution in [-0.2, 0) is 25.3 Å². The number of thioether (sulfide) groups is 1. The van der Waals surface area contributed by atoms with Gasteiger partial charge in [-0.2, -0.15) is 0 Å². The number of hydrogen-bond donors (Lipinski definition) is 2. The van der Waals surface area contributed by atoms with E-state index in [1.165, 1.54) is 14.1 Å². The number of amides is 1. The summed E-state index contributed by atoms with van der Waals surface area (Å²) in [5.74, 6) is -0.216. The fourth-order valence-corrected chi connectivity index (χ4v) is 4.43. The average Bonchev–Trinajstić information content (AvgIpc) is 2.87. The van der Waals surface area contributed by atoms with Crippen molar-refractivity contribution < 1.29 is 14.6 Å². The number of para-hydroxylation sites is 1. The molecule has 36 heavy (non-hydrogen) atoms. The molecule has 9 nitrogen and oxygen atoms in total. The number of nitrogens with zero attached hydrogens (tertiary/aromatic N) is 3. The second kappa shape index (κ2) is 11.8. The Morgan fingerprint density at radius 3 is 2.42 bits per heavy atom. The number of aromatic nitrogens is 2. The van der Waals surface area contributed by atoms with E-state index >= 15 is 0 Å². The van der Waals surface area contributed by atoms with Crippen LogP contribution in [0.3, 0.4) is 0 Å². The summed E-state index contributed by atoms with van der Waals surface area (Å²) in [6, 6.07) is 12.7. The van der Waals surface area contributed by atoms with Gasteiger partial charge in [-0.3, -0.25) is 18.7 Å². The number of carbonyl (C=O) groups is 1. The van der Waals surface area contributed by atoms with Crippen LogP contribution in [0.15, 0.2) is 57.0 Å². The molecule has 3 rings (SSSR count). The molecule has 1 amide bonds. The maximum absolute atomic E-state index is 13.0. The van der Waals surface area contributed by atoms with Gasteiger partial charge in [-0.05, 0) is 55.7 Å². The van der Waals surface area contributed by atoms with Crippen molar-refractivity contribution >= 4 is 34.1 Å². The van der Waals surface area contributed by atoms with Crippen molar-refractivity contribution in [2.24, 2.45) is 19.1 Å². The van der Waals surface area contributed by atoms with Crippen LogP contribution in [0.25, 0.3) is 0 Å². The summed E-state index contributed by atoms with van der Waals surface area (Å²) in [6.45, 7) is 6.33. The van der Waals surface area contributed by atoms with E-state index in [-0.39, 0.29) is 22.3 Å². The van der Waals surface area contributed by atoms with Crippen LogP contribution in [0, 0.1) is 6.92 Å². The van der Waals surface area contributed by atoms with Crippen molar-refractivity contribution in [3.8, 4) is 11.6 Å². The number of aryl methyl sites for hydroxylation is 2. The van der Waals surface area contributed by atoms with Gasteiger partial charge in [0.05, 0.1) is 18.0 Å². The highest BCUT2D eigenvalue weighted by Gasteiger charge is 2.22. The zero-order valence-corrected chi connectivity index (χ0v) is 21.8. The summed E-state index contributed by atoms with van der Waals surface area (Å²) in [5.41, 5.74) is 1.68. The summed E-state index contributed by atoms with van der Waals surface area (Å²) in [5, 5.41) is 13.8. The Balaban J connectivity index is 1.98. The second-order valence-electron chi connectivity index (χ2n) is 8.05. The molecule has 0 saturated carbocycles.